The molecule has 1 heterocycles. The number of allylic oxidation sites excluding steroid dienone is 6. The van der Waals surface area contributed by atoms with Gasteiger partial charge in [0.05, 0.1) is 19.3 Å². The topological polar surface area (TPSA) is 33.7 Å². The Balaban J connectivity index is 1.99. The Bertz CT molecular complexity index is 585. The lowest BCUT2D eigenvalue weighted by molar-refractivity contribution is 0.00810. The van der Waals surface area contributed by atoms with Gasteiger partial charge in [0.25, 0.3) is 0 Å². The van der Waals surface area contributed by atoms with Gasteiger partial charge < -0.3 is 14.9 Å². The summed E-state index contributed by atoms with van der Waals surface area (Å²) in [6.07, 6.45) is 40.5. The first-order valence-corrected chi connectivity index (χ1v) is 15.7. The van der Waals surface area contributed by atoms with Gasteiger partial charge in [0.15, 0.2) is 0 Å². The first-order chi connectivity index (χ1) is 18.4. The van der Waals surface area contributed by atoms with Crippen LogP contribution in [0.2, 0.25) is 0 Å². The van der Waals surface area contributed by atoms with Gasteiger partial charge in [-0.05, 0) is 57.1 Å². The summed E-state index contributed by atoms with van der Waals surface area (Å²) in [4.78, 5) is 0. The number of unbranched alkanes of at least 4 members (excludes halogenated alkanes) is 14. The predicted molar refractivity (Wildman–Crippen MR) is 161 cm³/mol. The Morgan fingerprint density at radius 3 is 1.70 bits per heavy atom. The quantitative estimate of drug-likeness (QED) is 0.0870. The van der Waals surface area contributed by atoms with Crippen molar-refractivity contribution in [3.8, 4) is 0 Å². The van der Waals surface area contributed by atoms with Gasteiger partial charge >= 0.3 is 0 Å². The number of ether oxygens (including phenoxy) is 2. The normalized spacial score (nSPS) is 14.3. The SMILES string of the molecule is CCCCC/C=C\C/C=C\CCCCCCCCOCC(COCCCCCCCC)N1C=CC=CN1. The molecule has 0 saturated carbocycles. The van der Waals surface area contributed by atoms with Crippen molar-refractivity contribution in [3.05, 3.63) is 48.9 Å². The van der Waals surface area contributed by atoms with E-state index in [2.05, 4.69) is 60.9 Å². The third kappa shape index (κ3) is 22.2. The molecule has 0 aromatic rings. The van der Waals surface area contributed by atoms with E-state index in [1.54, 1.807) is 0 Å². The minimum atomic E-state index is 0.200. The summed E-state index contributed by atoms with van der Waals surface area (Å²) < 4.78 is 12.1. The Morgan fingerprint density at radius 2 is 1.14 bits per heavy atom. The molecule has 4 nitrogen and oxygen atoms in total. The largest absolute Gasteiger partial charge is 0.379 e. The molecule has 0 spiro atoms. The molecule has 0 aromatic heterocycles. The molecule has 0 fully saturated rings. The van der Waals surface area contributed by atoms with Crippen molar-refractivity contribution in [2.45, 2.75) is 135 Å². The Kier molecular flexibility index (Phi) is 24.9. The van der Waals surface area contributed by atoms with E-state index >= 15 is 0 Å². The van der Waals surface area contributed by atoms with E-state index in [0.29, 0.717) is 13.2 Å². The number of rotatable bonds is 27. The van der Waals surface area contributed by atoms with E-state index in [0.717, 1.165) is 32.5 Å². The van der Waals surface area contributed by atoms with E-state index in [4.69, 9.17) is 9.47 Å². The second-order valence-corrected chi connectivity index (χ2v) is 10.4. The minimum absolute atomic E-state index is 0.200. The van der Waals surface area contributed by atoms with Gasteiger partial charge in [0.2, 0.25) is 0 Å². The minimum Gasteiger partial charge on any atom is -0.379 e. The van der Waals surface area contributed by atoms with Crippen LogP contribution < -0.4 is 5.43 Å². The molecule has 0 bridgehead atoms. The molecule has 0 aromatic carbocycles. The molecule has 1 aliphatic heterocycles. The van der Waals surface area contributed by atoms with Crippen LogP contribution in [0.15, 0.2) is 48.9 Å². The highest BCUT2D eigenvalue weighted by molar-refractivity contribution is 5.06. The van der Waals surface area contributed by atoms with Gasteiger partial charge in [-0.15, -0.1) is 0 Å². The smallest absolute Gasteiger partial charge is 0.0963 e. The lowest BCUT2D eigenvalue weighted by Crippen LogP contribution is -2.45. The summed E-state index contributed by atoms with van der Waals surface area (Å²) in [7, 11) is 0. The predicted octanol–water partition coefficient (Wildman–Crippen LogP) is 9.41. The first-order valence-electron chi connectivity index (χ1n) is 15.7. The number of hydrogen-bond acceptors (Lipinski definition) is 4. The van der Waals surface area contributed by atoms with Gasteiger partial charge in [-0.1, -0.05) is 109 Å². The third-order valence-corrected chi connectivity index (χ3v) is 6.82. The van der Waals surface area contributed by atoms with E-state index in [1.807, 2.05) is 12.3 Å². The van der Waals surface area contributed by atoms with Crippen LogP contribution in [-0.2, 0) is 9.47 Å². The highest BCUT2D eigenvalue weighted by Crippen LogP contribution is 2.10. The lowest BCUT2D eigenvalue weighted by Gasteiger charge is -2.31. The van der Waals surface area contributed by atoms with Crippen molar-refractivity contribution < 1.29 is 9.47 Å². The van der Waals surface area contributed by atoms with Gasteiger partial charge in [-0.2, -0.15) is 0 Å². The van der Waals surface area contributed by atoms with Crippen LogP contribution in [0, 0.1) is 0 Å². The van der Waals surface area contributed by atoms with Crippen molar-refractivity contribution in [3.63, 3.8) is 0 Å². The van der Waals surface area contributed by atoms with Crippen LogP contribution >= 0.6 is 0 Å². The lowest BCUT2D eigenvalue weighted by atomic mass is 10.1. The number of nitrogens with zero attached hydrogens (tertiary/aromatic N) is 1. The van der Waals surface area contributed by atoms with Crippen LogP contribution in [0.5, 0.6) is 0 Å². The van der Waals surface area contributed by atoms with E-state index in [9.17, 15) is 0 Å². The fourth-order valence-corrected chi connectivity index (χ4v) is 4.42. The number of hydrazine groups is 1. The second kappa shape index (κ2) is 27.5. The van der Waals surface area contributed by atoms with Crippen molar-refractivity contribution in [2.75, 3.05) is 26.4 Å². The molecule has 1 rings (SSSR count). The zero-order valence-electron chi connectivity index (χ0n) is 24.5. The maximum Gasteiger partial charge on any atom is 0.0963 e. The summed E-state index contributed by atoms with van der Waals surface area (Å²) in [6, 6.07) is 0.200. The standard InChI is InChI=1S/C33H60N2O2/c1-3-5-7-9-11-12-13-14-15-16-17-18-19-20-22-26-30-37-32-33(35-28-24-23-27-34-35)31-36-29-25-21-10-8-6-4-2/h11-12,14-15,23-24,27-28,33-34H,3-10,13,16-22,25-26,29-32H2,1-2H3/b12-11-,15-14-. The van der Waals surface area contributed by atoms with Crippen LogP contribution in [-0.4, -0.2) is 37.5 Å². The van der Waals surface area contributed by atoms with Gasteiger partial charge in [-0.25, -0.2) is 0 Å². The summed E-state index contributed by atoms with van der Waals surface area (Å²) in [5.74, 6) is 0. The molecular formula is C33H60N2O2. The van der Waals surface area contributed by atoms with Crippen molar-refractivity contribution in [2.24, 2.45) is 0 Å². The van der Waals surface area contributed by atoms with E-state index < -0.39 is 0 Å². The van der Waals surface area contributed by atoms with Gasteiger partial charge in [0.1, 0.15) is 0 Å². The molecule has 0 amide bonds. The fourth-order valence-electron chi connectivity index (χ4n) is 4.42. The Morgan fingerprint density at radius 1 is 0.622 bits per heavy atom. The van der Waals surface area contributed by atoms with Crippen LogP contribution in [0.4, 0.5) is 0 Å². The average Bonchev–Trinajstić information content (AvgIpc) is 2.93. The average molecular weight is 517 g/mol. The zero-order chi connectivity index (χ0) is 26.5. The van der Waals surface area contributed by atoms with Crippen molar-refractivity contribution in [1.82, 2.24) is 10.4 Å². The maximum atomic E-state index is 6.06. The molecule has 0 saturated heterocycles. The molecule has 214 valence electrons. The fraction of sp³-hybridized carbons (Fsp3) is 0.758. The molecule has 37 heavy (non-hydrogen) atoms. The highest BCUT2D eigenvalue weighted by Gasteiger charge is 2.16. The zero-order valence-corrected chi connectivity index (χ0v) is 24.5. The number of hydrogen-bond donors (Lipinski definition) is 1. The molecular weight excluding hydrogens is 456 g/mol. The molecule has 1 aliphatic rings. The van der Waals surface area contributed by atoms with Crippen LogP contribution in [0.25, 0.3) is 0 Å². The third-order valence-electron chi connectivity index (χ3n) is 6.82. The van der Waals surface area contributed by atoms with Gasteiger partial charge in [0, 0.05) is 25.6 Å². The second-order valence-electron chi connectivity index (χ2n) is 10.4. The monoisotopic (exact) mass is 516 g/mol. The van der Waals surface area contributed by atoms with Gasteiger partial charge in [-0.3, -0.25) is 5.01 Å². The maximum absolute atomic E-state index is 6.06. The van der Waals surface area contributed by atoms with Crippen molar-refractivity contribution in [1.29, 1.82) is 0 Å². The number of nitrogens with one attached hydrogen (secondary N) is 1. The molecule has 0 aliphatic carbocycles. The van der Waals surface area contributed by atoms with E-state index in [1.165, 1.54) is 96.3 Å². The highest BCUT2D eigenvalue weighted by atomic mass is 16.5. The van der Waals surface area contributed by atoms with E-state index in [-0.39, 0.29) is 6.04 Å². The molecule has 1 unspecified atom stereocenters. The van der Waals surface area contributed by atoms with Crippen molar-refractivity contribution >= 4 is 0 Å². The van der Waals surface area contributed by atoms with Crippen LogP contribution in [0.1, 0.15) is 129 Å². The summed E-state index contributed by atoms with van der Waals surface area (Å²) in [5.41, 5.74) is 3.30. The summed E-state index contributed by atoms with van der Waals surface area (Å²) in [6.45, 7) is 7.61. The molecule has 0 radical (unpaired) electrons. The molecule has 1 N–H and O–H groups in total. The first kappa shape index (κ1) is 33.5. The molecule has 1 atom stereocenters. The summed E-state index contributed by atoms with van der Waals surface area (Å²) >= 11 is 0. The van der Waals surface area contributed by atoms with Crippen LogP contribution in [0.3, 0.4) is 0 Å². The summed E-state index contributed by atoms with van der Waals surface area (Å²) in [5, 5.41) is 2.11. The Hall–Kier alpha value is -1.52. The molecule has 4 heteroatoms. The Labute approximate surface area is 230 Å².